The molecule has 24 heavy (non-hydrogen) atoms. The van der Waals surface area contributed by atoms with Gasteiger partial charge in [0.05, 0.1) is 0 Å². The number of halogens is 2. The standard InChI is InChI=1S/C18H17Cl2N3S/c1-3-13-4-8-16(9-5-13)23-12(2)21-22-18(23)24-11-14-6-7-15(19)10-17(14)20/h4-10H,3,11H2,1-2H3. The highest BCUT2D eigenvalue weighted by atomic mass is 35.5. The molecule has 0 N–H and O–H groups in total. The first-order valence-electron chi connectivity index (χ1n) is 7.66. The zero-order chi connectivity index (χ0) is 17.1. The summed E-state index contributed by atoms with van der Waals surface area (Å²) < 4.78 is 2.06. The topological polar surface area (TPSA) is 30.7 Å². The van der Waals surface area contributed by atoms with Gasteiger partial charge in [-0.2, -0.15) is 0 Å². The maximum absolute atomic E-state index is 6.25. The predicted molar refractivity (Wildman–Crippen MR) is 101 cm³/mol. The number of hydrogen-bond acceptors (Lipinski definition) is 3. The molecular weight excluding hydrogens is 361 g/mol. The first kappa shape index (κ1) is 17.3. The summed E-state index contributed by atoms with van der Waals surface area (Å²) in [5.41, 5.74) is 3.41. The van der Waals surface area contributed by atoms with E-state index in [1.807, 2.05) is 19.1 Å². The summed E-state index contributed by atoms with van der Waals surface area (Å²) in [6, 6.07) is 14.0. The van der Waals surface area contributed by atoms with Crippen LogP contribution < -0.4 is 0 Å². The van der Waals surface area contributed by atoms with Gasteiger partial charge >= 0.3 is 0 Å². The molecule has 0 aliphatic rings. The van der Waals surface area contributed by atoms with E-state index in [0.29, 0.717) is 15.8 Å². The smallest absolute Gasteiger partial charge is 0.196 e. The number of thioether (sulfide) groups is 1. The molecule has 0 aliphatic carbocycles. The third-order valence-corrected chi connectivity index (χ3v) is 5.33. The molecule has 0 radical (unpaired) electrons. The number of nitrogens with zero attached hydrogens (tertiary/aromatic N) is 3. The molecule has 0 amide bonds. The SMILES string of the molecule is CCc1ccc(-n2c(C)nnc2SCc2ccc(Cl)cc2Cl)cc1. The fourth-order valence-corrected chi connectivity index (χ4v) is 3.95. The molecule has 0 fully saturated rings. The molecule has 124 valence electrons. The molecule has 2 aromatic carbocycles. The van der Waals surface area contributed by atoms with E-state index in [1.54, 1.807) is 17.8 Å². The van der Waals surface area contributed by atoms with Gasteiger partial charge in [-0.05, 0) is 48.7 Å². The van der Waals surface area contributed by atoms with Gasteiger partial charge in [-0.1, -0.05) is 60.1 Å². The summed E-state index contributed by atoms with van der Waals surface area (Å²) in [5, 5.41) is 10.7. The Morgan fingerprint density at radius 3 is 2.46 bits per heavy atom. The van der Waals surface area contributed by atoms with Crippen molar-refractivity contribution < 1.29 is 0 Å². The molecule has 6 heteroatoms. The highest BCUT2D eigenvalue weighted by Gasteiger charge is 2.12. The van der Waals surface area contributed by atoms with Crippen LogP contribution in [0.25, 0.3) is 5.69 Å². The van der Waals surface area contributed by atoms with Crippen LogP contribution in [0, 0.1) is 6.92 Å². The molecule has 0 bridgehead atoms. The van der Waals surface area contributed by atoms with Gasteiger partial charge in [-0.3, -0.25) is 4.57 Å². The van der Waals surface area contributed by atoms with Gasteiger partial charge in [-0.25, -0.2) is 0 Å². The Hall–Kier alpha value is -1.49. The van der Waals surface area contributed by atoms with E-state index in [0.717, 1.165) is 28.7 Å². The average Bonchev–Trinajstić information content (AvgIpc) is 2.95. The van der Waals surface area contributed by atoms with Crippen LogP contribution in [0.5, 0.6) is 0 Å². The van der Waals surface area contributed by atoms with Gasteiger partial charge in [-0.15, -0.1) is 10.2 Å². The minimum atomic E-state index is 0.642. The van der Waals surface area contributed by atoms with Crippen LogP contribution in [0.3, 0.4) is 0 Å². The minimum Gasteiger partial charge on any atom is -0.274 e. The molecule has 0 unspecified atom stereocenters. The number of aromatic nitrogens is 3. The molecule has 1 aromatic heterocycles. The first-order valence-corrected chi connectivity index (χ1v) is 9.40. The molecule has 3 aromatic rings. The minimum absolute atomic E-state index is 0.642. The molecule has 0 spiro atoms. The first-order chi connectivity index (χ1) is 11.6. The van der Waals surface area contributed by atoms with Gasteiger partial charge in [0.2, 0.25) is 0 Å². The fraction of sp³-hybridized carbons (Fsp3) is 0.222. The van der Waals surface area contributed by atoms with Crippen LogP contribution in [0.1, 0.15) is 23.9 Å². The molecule has 3 nitrogen and oxygen atoms in total. The summed E-state index contributed by atoms with van der Waals surface area (Å²) in [5.74, 6) is 1.57. The van der Waals surface area contributed by atoms with Crippen LogP contribution in [0.4, 0.5) is 0 Å². The molecule has 3 rings (SSSR count). The van der Waals surface area contributed by atoms with E-state index in [-0.39, 0.29) is 0 Å². The largest absolute Gasteiger partial charge is 0.274 e. The lowest BCUT2D eigenvalue weighted by atomic mass is 10.1. The van der Waals surface area contributed by atoms with Gasteiger partial charge in [0, 0.05) is 21.5 Å². The van der Waals surface area contributed by atoms with Gasteiger partial charge in [0.1, 0.15) is 5.82 Å². The average molecular weight is 378 g/mol. The van der Waals surface area contributed by atoms with E-state index in [9.17, 15) is 0 Å². The van der Waals surface area contributed by atoms with E-state index in [1.165, 1.54) is 5.56 Å². The van der Waals surface area contributed by atoms with Crippen molar-refractivity contribution in [3.8, 4) is 5.69 Å². The number of aryl methyl sites for hydroxylation is 2. The molecule has 0 atom stereocenters. The van der Waals surface area contributed by atoms with Crippen molar-refractivity contribution in [3.63, 3.8) is 0 Å². The van der Waals surface area contributed by atoms with Crippen molar-refractivity contribution in [1.82, 2.24) is 14.8 Å². The third-order valence-electron chi connectivity index (χ3n) is 3.77. The van der Waals surface area contributed by atoms with Crippen molar-refractivity contribution in [2.45, 2.75) is 31.2 Å². The van der Waals surface area contributed by atoms with Crippen LogP contribution in [0.15, 0.2) is 47.6 Å². The summed E-state index contributed by atoms with van der Waals surface area (Å²) in [7, 11) is 0. The van der Waals surface area contributed by atoms with Gasteiger partial charge in [0.25, 0.3) is 0 Å². The molecule has 0 aliphatic heterocycles. The quantitative estimate of drug-likeness (QED) is 0.531. The second kappa shape index (κ2) is 7.60. The lowest BCUT2D eigenvalue weighted by Crippen LogP contribution is -1.99. The zero-order valence-corrected chi connectivity index (χ0v) is 15.8. The van der Waals surface area contributed by atoms with Crippen molar-refractivity contribution in [3.05, 3.63) is 69.5 Å². The van der Waals surface area contributed by atoms with Crippen LogP contribution >= 0.6 is 35.0 Å². The highest BCUT2D eigenvalue weighted by molar-refractivity contribution is 7.98. The van der Waals surface area contributed by atoms with Gasteiger partial charge in [0.15, 0.2) is 5.16 Å². The van der Waals surface area contributed by atoms with Gasteiger partial charge < -0.3 is 0 Å². The predicted octanol–water partition coefficient (Wildman–Crippen LogP) is 5.74. The third kappa shape index (κ3) is 3.77. The molecule has 0 saturated heterocycles. The number of benzene rings is 2. The normalized spacial score (nSPS) is 11.0. The molecular formula is C18H17Cl2N3S. The monoisotopic (exact) mass is 377 g/mol. The second-order valence-corrected chi connectivity index (χ2v) is 7.20. The Bertz CT molecular complexity index is 844. The number of hydrogen-bond donors (Lipinski definition) is 0. The number of rotatable bonds is 5. The van der Waals surface area contributed by atoms with E-state index in [4.69, 9.17) is 23.2 Å². The lowest BCUT2D eigenvalue weighted by molar-refractivity contribution is 0.867. The maximum atomic E-state index is 6.25. The highest BCUT2D eigenvalue weighted by Crippen LogP contribution is 2.29. The van der Waals surface area contributed by atoms with Crippen LogP contribution in [-0.2, 0) is 12.2 Å². The molecule has 1 heterocycles. The van der Waals surface area contributed by atoms with E-state index < -0.39 is 0 Å². The summed E-state index contributed by atoms with van der Waals surface area (Å²) in [6.07, 6.45) is 1.03. The van der Waals surface area contributed by atoms with Crippen molar-refractivity contribution in [2.75, 3.05) is 0 Å². The zero-order valence-electron chi connectivity index (χ0n) is 13.5. The Balaban J connectivity index is 1.84. The maximum Gasteiger partial charge on any atom is 0.196 e. The Labute approximate surface area is 156 Å². The molecule has 0 saturated carbocycles. The Kier molecular flexibility index (Phi) is 5.49. The summed E-state index contributed by atoms with van der Waals surface area (Å²) in [6.45, 7) is 4.11. The second-order valence-electron chi connectivity index (χ2n) is 5.41. The Morgan fingerprint density at radius 2 is 1.79 bits per heavy atom. The summed E-state index contributed by atoms with van der Waals surface area (Å²) in [4.78, 5) is 0. The lowest BCUT2D eigenvalue weighted by Gasteiger charge is -2.10. The van der Waals surface area contributed by atoms with Crippen LogP contribution in [0.2, 0.25) is 10.0 Å². The van der Waals surface area contributed by atoms with Crippen molar-refractivity contribution >= 4 is 35.0 Å². The fourth-order valence-electron chi connectivity index (χ4n) is 2.40. The van der Waals surface area contributed by atoms with E-state index >= 15 is 0 Å². The summed E-state index contributed by atoms with van der Waals surface area (Å²) >= 11 is 13.8. The van der Waals surface area contributed by atoms with Crippen molar-refractivity contribution in [1.29, 1.82) is 0 Å². The van der Waals surface area contributed by atoms with Crippen LogP contribution in [-0.4, -0.2) is 14.8 Å². The Morgan fingerprint density at radius 1 is 1.04 bits per heavy atom. The van der Waals surface area contributed by atoms with Crippen molar-refractivity contribution in [2.24, 2.45) is 0 Å². The van der Waals surface area contributed by atoms with E-state index in [2.05, 4.69) is 46.0 Å².